The third kappa shape index (κ3) is 6.60. The number of carbonyl (C=O) groups excluding carboxylic acids is 1. The van der Waals surface area contributed by atoms with Crippen LogP contribution in [0.1, 0.15) is 36.6 Å². The van der Waals surface area contributed by atoms with Gasteiger partial charge in [0.15, 0.2) is 5.82 Å². The number of anilines is 1. The number of hydrogen-bond acceptors (Lipinski definition) is 5. The number of amides is 1. The Balaban J connectivity index is 0.00000300. The topological polar surface area (TPSA) is 81.1 Å². The standard InChI is InChI=1S/C18H22F3N5O2.ClH/c1-26-17(24-16(25-26)13-8-10-22-11-9-13)23-15(27)7-6-12-4-2-3-5-14(12)28-18(19,20)21;/h2-5,13,22H,6-11H2,1H3,(H,23,24,25,27);1H. The Labute approximate surface area is 172 Å². The molecule has 1 aliphatic heterocycles. The third-order valence-electron chi connectivity index (χ3n) is 4.55. The fourth-order valence-corrected chi connectivity index (χ4v) is 3.14. The molecule has 7 nitrogen and oxygen atoms in total. The van der Waals surface area contributed by atoms with Gasteiger partial charge in [-0.05, 0) is 44.0 Å². The van der Waals surface area contributed by atoms with Crippen molar-refractivity contribution in [2.45, 2.75) is 38.0 Å². The summed E-state index contributed by atoms with van der Waals surface area (Å²) >= 11 is 0. The zero-order valence-corrected chi connectivity index (χ0v) is 16.6. The normalized spacial score (nSPS) is 14.9. The van der Waals surface area contributed by atoms with Gasteiger partial charge in [-0.2, -0.15) is 10.1 Å². The van der Waals surface area contributed by atoms with Gasteiger partial charge in [0, 0.05) is 19.4 Å². The lowest BCUT2D eigenvalue weighted by molar-refractivity contribution is -0.274. The number of para-hydroxylation sites is 1. The van der Waals surface area contributed by atoms with Crippen LogP contribution in [0.4, 0.5) is 19.1 Å². The fourth-order valence-electron chi connectivity index (χ4n) is 3.14. The Hall–Kier alpha value is -2.33. The van der Waals surface area contributed by atoms with Crippen LogP contribution in [0.15, 0.2) is 24.3 Å². The average Bonchev–Trinajstić information content (AvgIpc) is 3.01. The predicted molar refractivity (Wildman–Crippen MR) is 103 cm³/mol. The number of nitrogens with zero attached hydrogens (tertiary/aromatic N) is 3. The van der Waals surface area contributed by atoms with Crippen molar-refractivity contribution in [2.75, 3.05) is 18.4 Å². The molecule has 0 atom stereocenters. The summed E-state index contributed by atoms with van der Waals surface area (Å²) in [7, 11) is 1.69. The molecule has 1 aromatic heterocycles. The molecule has 2 aromatic rings. The van der Waals surface area contributed by atoms with Crippen molar-refractivity contribution >= 4 is 24.3 Å². The highest BCUT2D eigenvalue weighted by Crippen LogP contribution is 2.27. The number of ether oxygens (including phenoxy) is 1. The van der Waals surface area contributed by atoms with Gasteiger partial charge in [0.05, 0.1) is 0 Å². The van der Waals surface area contributed by atoms with E-state index in [0.717, 1.165) is 25.9 Å². The first kappa shape index (κ1) is 23.0. The highest BCUT2D eigenvalue weighted by molar-refractivity contribution is 5.89. The molecule has 1 fully saturated rings. The monoisotopic (exact) mass is 433 g/mol. The minimum atomic E-state index is -4.78. The molecule has 3 rings (SSSR count). The Morgan fingerprint density at radius 3 is 2.69 bits per heavy atom. The fraction of sp³-hybridized carbons (Fsp3) is 0.500. The van der Waals surface area contributed by atoms with E-state index in [4.69, 9.17) is 0 Å². The number of halogens is 4. The first-order chi connectivity index (χ1) is 13.3. The Morgan fingerprint density at radius 2 is 2.00 bits per heavy atom. The van der Waals surface area contributed by atoms with Gasteiger partial charge in [0.25, 0.3) is 0 Å². The molecular weight excluding hydrogens is 411 g/mol. The summed E-state index contributed by atoms with van der Waals surface area (Å²) < 4.78 is 43.0. The van der Waals surface area contributed by atoms with Gasteiger partial charge in [-0.25, -0.2) is 4.68 Å². The van der Waals surface area contributed by atoms with Gasteiger partial charge >= 0.3 is 6.36 Å². The summed E-state index contributed by atoms with van der Waals surface area (Å²) in [5.74, 6) is 0.634. The summed E-state index contributed by atoms with van der Waals surface area (Å²) in [6.07, 6.45) is -2.80. The van der Waals surface area contributed by atoms with Crippen LogP contribution in [0.3, 0.4) is 0 Å². The molecule has 1 aromatic carbocycles. The Bertz CT molecular complexity index is 822. The van der Waals surface area contributed by atoms with Crippen LogP contribution in [0, 0.1) is 0 Å². The van der Waals surface area contributed by atoms with Gasteiger partial charge in [-0.15, -0.1) is 25.6 Å². The average molecular weight is 434 g/mol. The molecule has 0 radical (unpaired) electrons. The van der Waals surface area contributed by atoms with E-state index in [-0.39, 0.29) is 42.8 Å². The van der Waals surface area contributed by atoms with Crippen molar-refractivity contribution in [1.82, 2.24) is 20.1 Å². The van der Waals surface area contributed by atoms with Crippen LogP contribution in [-0.2, 0) is 18.3 Å². The van der Waals surface area contributed by atoms with Crippen LogP contribution in [-0.4, -0.2) is 40.1 Å². The molecule has 2 heterocycles. The highest BCUT2D eigenvalue weighted by Gasteiger charge is 2.32. The smallest absolute Gasteiger partial charge is 0.406 e. The second-order valence-corrected chi connectivity index (χ2v) is 6.65. The maximum absolute atomic E-state index is 12.5. The number of aryl methyl sites for hydroxylation is 2. The highest BCUT2D eigenvalue weighted by atomic mass is 35.5. The number of hydrogen-bond donors (Lipinski definition) is 2. The van der Waals surface area contributed by atoms with Crippen molar-refractivity contribution in [3.8, 4) is 5.75 Å². The van der Waals surface area contributed by atoms with E-state index in [1.54, 1.807) is 13.1 Å². The SMILES string of the molecule is Cl.Cn1nc(C2CCNCC2)nc1NC(=O)CCc1ccccc1OC(F)(F)F. The van der Waals surface area contributed by atoms with E-state index < -0.39 is 6.36 Å². The number of aromatic nitrogens is 3. The lowest BCUT2D eigenvalue weighted by Crippen LogP contribution is -2.27. The summed E-state index contributed by atoms with van der Waals surface area (Å²) in [5, 5.41) is 10.3. The quantitative estimate of drug-likeness (QED) is 0.731. The lowest BCUT2D eigenvalue weighted by Gasteiger charge is -2.19. The second-order valence-electron chi connectivity index (χ2n) is 6.65. The van der Waals surface area contributed by atoms with Gasteiger partial charge in [0.1, 0.15) is 5.75 Å². The summed E-state index contributed by atoms with van der Waals surface area (Å²) in [6, 6.07) is 5.79. The van der Waals surface area contributed by atoms with Crippen molar-refractivity contribution < 1.29 is 22.7 Å². The molecule has 2 N–H and O–H groups in total. The minimum absolute atomic E-state index is 0. The molecule has 0 unspecified atom stereocenters. The maximum atomic E-state index is 12.5. The second kappa shape index (κ2) is 9.93. The van der Waals surface area contributed by atoms with Gasteiger partial charge in [0.2, 0.25) is 11.9 Å². The van der Waals surface area contributed by atoms with Gasteiger partial charge in [-0.3, -0.25) is 10.1 Å². The molecule has 0 spiro atoms. The first-order valence-electron chi connectivity index (χ1n) is 9.07. The summed E-state index contributed by atoms with van der Waals surface area (Å²) in [4.78, 5) is 16.7. The molecule has 29 heavy (non-hydrogen) atoms. The molecule has 11 heteroatoms. The molecule has 1 aliphatic rings. The Morgan fingerprint density at radius 1 is 1.31 bits per heavy atom. The maximum Gasteiger partial charge on any atom is 0.573 e. The number of piperidine rings is 1. The zero-order valence-electron chi connectivity index (χ0n) is 15.8. The van der Waals surface area contributed by atoms with Gasteiger partial charge < -0.3 is 10.1 Å². The number of carbonyl (C=O) groups is 1. The largest absolute Gasteiger partial charge is 0.573 e. The predicted octanol–water partition coefficient (Wildman–Crippen LogP) is 3.17. The van der Waals surface area contributed by atoms with Crippen molar-refractivity contribution in [3.63, 3.8) is 0 Å². The van der Waals surface area contributed by atoms with Crippen LogP contribution >= 0.6 is 12.4 Å². The van der Waals surface area contributed by atoms with E-state index in [0.29, 0.717) is 17.3 Å². The molecular formula is C18H23ClF3N5O2. The molecule has 1 amide bonds. The number of benzene rings is 1. The minimum Gasteiger partial charge on any atom is -0.406 e. The van der Waals surface area contributed by atoms with Crippen molar-refractivity contribution in [3.05, 3.63) is 35.7 Å². The zero-order chi connectivity index (χ0) is 20.1. The van der Waals surface area contributed by atoms with Crippen LogP contribution in [0.5, 0.6) is 5.75 Å². The first-order valence-corrected chi connectivity index (χ1v) is 9.07. The summed E-state index contributed by atoms with van der Waals surface area (Å²) in [6.45, 7) is 1.81. The van der Waals surface area contributed by atoms with E-state index in [2.05, 4.69) is 25.5 Å². The Kier molecular flexibility index (Phi) is 7.86. The third-order valence-corrected chi connectivity index (χ3v) is 4.55. The molecule has 160 valence electrons. The van der Waals surface area contributed by atoms with Crippen molar-refractivity contribution in [1.29, 1.82) is 0 Å². The molecule has 0 saturated carbocycles. The van der Waals surface area contributed by atoms with Gasteiger partial charge in [-0.1, -0.05) is 18.2 Å². The number of nitrogens with one attached hydrogen (secondary N) is 2. The van der Waals surface area contributed by atoms with E-state index in [1.165, 1.54) is 22.9 Å². The lowest BCUT2D eigenvalue weighted by atomic mass is 9.98. The van der Waals surface area contributed by atoms with E-state index >= 15 is 0 Å². The number of alkyl halides is 3. The molecule has 0 aliphatic carbocycles. The molecule has 1 saturated heterocycles. The van der Waals surface area contributed by atoms with Crippen LogP contribution < -0.4 is 15.4 Å². The molecule has 0 bridgehead atoms. The number of rotatable bonds is 6. The van der Waals surface area contributed by atoms with E-state index in [9.17, 15) is 18.0 Å². The van der Waals surface area contributed by atoms with Crippen LogP contribution in [0.25, 0.3) is 0 Å². The van der Waals surface area contributed by atoms with Crippen LogP contribution in [0.2, 0.25) is 0 Å². The van der Waals surface area contributed by atoms with E-state index in [1.807, 2.05) is 0 Å². The van der Waals surface area contributed by atoms with Crippen molar-refractivity contribution in [2.24, 2.45) is 7.05 Å². The summed E-state index contributed by atoms with van der Waals surface area (Å²) in [5.41, 5.74) is 0.309.